The van der Waals surface area contributed by atoms with E-state index in [0.717, 1.165) is 5.75 Å². The second kappa shape index (κ2) is 4.85. The standard InChI is InChI=1S/C9H10O2S/c1-10-7-9(12)11-8-5-3-2-4-6-8/h2-6H,7H2,1H3. The average molecular weight is 182 g/mol. The topological polar surface area (TPSA) is 18.5 Å². The van der Waals surface area contributed by atoms with Crippen molar-refractivity contribution in [3.63, 3.8) is 0 Å². The van der Waals surface area contributed by atoms with Gasteiger partial charge in [0.25, 0.3) is 0 Å². The second-order valence-electron chi connectivity index (χ2n) is 2.22. The van der Waals surface area contributed by atoms with Gasteiger partial charge in [-0.3, -0.25) is 0 Å². The van der Waals surface area contributed by atoms with Crippen molar-refractivity contribution in [2.24, 2.45) is 0 Å². The predicted octanol–water partition coefficient (Wildman–Crippen LogP) is 2.04. The van der Waals surface area contributed by atoms with Gasteiger partial charge < -0.3 is 9.47 Å². The molecule has 0 bridgehead atoms. The highest BCUT2D eigenvalue weighted by Crippen LogP contribution is 2.08. The average Bonchev–Trinajstić information content (AvgIpc) is 2.06. The first-order valence-corrected chi connectivity index (χ1v) is 3.98. The van der Waals surface area contributed by atoms with Gasteiger partial charge in [0.1, 0.15) is 12.4 Å². The molecule has 0 heterocycles. The van der Waals surface area contributed by atoms with Crippen LogP contribution in [0.3, 0.4) is 0 Å². The summed E-state index contributed by atoms with van der Waals surface area (Å²) in [5.41, 5.74) is 0. The Kier molecular flexibility index (Phi) is 3.70. The van der Waals surface area contributed by atoms with Crippen molar-refractivity contribution < 1.29 is 9.47 Å². The van der Waals surface area contributed by atoms with Crippen LogP contribution in [0, 0.1) is 0 Å². The van der Waals surface area contributed by atoms with E-state index in [-0.39, 0.29) is 0 Å². The van der Waals surface area contributed by atoms with Crippen LogP contribution in [0.4, 0.5) is 0 Å². The van der Waals surface area contributed by atoms with Crippen LogP contribution >= 0.6 is 12.2 Å². The zero-order valence-electron chi connectivity index (χ0n) is 6.82. The van der Waals surface area contributed by atoms with Gasteiger partial charge >= 0.3 is 0 Å². The van der Waals surface area contributed by atoms with Crippen molar-refractivity contribution in [1.82, 2.24) is 0 Å². The van der Waals surface area contributed by atoms with Gasteiger partial charge in [-0.2, -0.15) is 0 Å². The maximum Gasteiger partial charge on any atom is 0.193 e. The third-order valence-corrected chi connectivity index (χ3v) is 1.44. The van der Waals surface area contributed by atoms with Gasteiger partial charge in [0.2, 0.25) is 0 Å². The van der Waals surface area contributed by atoms with E-state index in [2.05, 4.69) is 0 Å². The van der Waals surface area contributed by atoms with Gasteiger partial charge in [-0.25, -0.2) is 0 Å². The Balaban J connectivity index is 2.47. The molecule has 0 atom stereocenters. The molecule has 64 valence electrons. The largest absolute Gasteiger partial charge is 0.448 e. The van der Waals surface area contributed by atoms with E-state index in [0.29, 0.717) is 11.7 Å². The summed E-state index contributed by atoms with van der Waals surface area (Å²) in [7, 11) is 1.58. The smallest absolute Gasteiger partial charge is 0.193 e. The lowest BCUT2D eigenvalue weighted by Crippen LogP contribution is -2.11. The van der Waals surface area contributed by atoms with Crippen LogP contribution in [0.1, 0.15) is 0 Å². The number of ether oxygens (including phenoxy) is 2. The molecule has 0 aliphatic heterocycles. The third-order valence-electron chi connectivity index (χ3n) is 1.24. The third kappa shape index (κ3) is 2.98. The first kappa shape index (κ1) is 9.16. The van der Waals surface area contributed by atoms with Crippen molar-refractivity contribution in [2.45, 2.75) is 0 Å². The Morgan fingerprint density at radius 2 is 2.00 bits per heavy atom. The number of methoxy groups -OCH3 is 1. The number of para-hydroxylation sites is 1. The second-order valence-corrected chi connectivity index (χ2v) is 2.68. The van der Waals surface area contributed by atoms with Crippen LogP contribution in [-0.2, 0) is 4.74 Å². The summed E-state index contributed by atoms with van der Waals surface area (Å²) in [6, 6.07) is 9.41. The van der Waals surface area contributed by atoms with Crippen LogP contribution in [0.2, 0.25) is 0 Å². The number of benzene rings is 1. The van der Waals surface area contributed by atoms with Crippen molar-refractivity contribution in [3.8, 4) is 5.75 Å². The predicted molar refractivity (Wildman–Crippen MR) is 51.5 cm³/mol. The highest BCUT2D eigenvalue weighted by molar-refractivity contribution is 7.80. The molecule has 1 aromatic rings. The minimum Gasteiger partial charge on any atom is -0.448 e. The molecule has 0 saturated heterocycles. The number of hydrogen-bond acceptors (Lipinski definition) is 3. The number of rotatable bonds is 3. The number of hydrogen-bond donors (Lipinski definition) is 0. The van der Waals surface area contributed by atoms with Gasteiger partial charge in [0.05, 0.1) is 0 Å². The normalized spacial score (nSPS) is 9.42. The lowest BCUT2D eigenvalue weighted by Gasteiger charge is -2.04. The van der Waals surface area contributed by atoms with E-state index in [9.17, 15) is 0 Å². The summed E-state index contributed by atoms with van der Waals surface area (Å²) in [6.45, 7) is 0.351. The molecule has 0 saturated carbocycles. The number of thiocarbonyl (C=S) groups is 1. The Labute approximate surface area is 77.1 Å². The monoisotopic (exact) mass is 182 g/mol. The minimum absolute atomic E-state index is 0.351. The SMILES string of the molecule is COCC(=S)Oc1ccccc1. The molecule has 0 aromatic heterocycles. The summed E-state index contributed by atoms with van der Waals surface area (Å²) in [6.07, 6.45) is 0. The molecule has 12 heavy (non-hydrogen) atoms. The highest BCUT2D eigenvalue weighted by Gasteiger charge is 1.97. The summed E-state index contributed by atoms with van der Waals surface area (Å²) in [5.74, 6) is 0.750. The zero-order chi connectivity index (χ0) is 8.81. The molecule has 1 rings (SSSR count). The zero-order valence-corrected chi connectivity index (χ0v) is 7.64. The lowest BCUT2D eigenvalue weighted by molar-refractivity contribution is 0.234. The fraction of sp³-hybridized carbons (Fsp3) is 0.222. The minimum atomic E-state index is 0.351. The quantitative estimate of drug-likeness (QED) is 0.666. The fourth-order valence-electron chi connectivity index (χ4n) is 0.767. The molecular formula is C9H10O2S. The van der Waals surface area contributed by atoms with Crippen molar-refractivity contribution in [1.29, 1.82) is 0 Å². The Morgan fingerprint density at radius 3 is 2.58 bits per heavy atom. The van der Waals surface area contributed by atoms with E-state index >= 15 is 0 Å². The van der Waals surface area contributed by atoms with Crippen molar-refractivity contribution in [3.05, 3.63) is 30.3 Å². The molecule has 0 amide bonds. The fourth-order valence-corrected chi connectivity index (χ4v) is 0.981. The van der Waals surface area contributed by atoms with E-state index in [1.807, 2.05) is 30.3 Å². The Bertz CT molecular complexity index is 246. The van der Waals surface area contributed by atoms with E-state index in [4.69, 9.17) is 21.7 Å². The molecular weight excluding hydrogens is 172 g/mol. The molecule has 0 spiro atoms. The summed E-state index contributed by atoms with van der Waals surface area (Å²) < 4.78 is 10.1. The lowest BCUT2D eigenvalue weighted by atomic mass is 10.3. The van der Waals surface area contributed by atoms with Gasteiger partial charge in [-0.1, -0.05) is 18.2 Å². The molecule has 2 nitrogen and oxygen atoms in total. The maximum absolute atomic E-state index is 5.26. The van der Waals surface area contributed by atoms with Crippen LogP contribution in [0.15, 0.2) is 30.3 Å². The molecule has 3 heteroatoms. The molecule has 0 fully saturated rings. The molecule has 0 radical (unpaired) electrons. The van der Waals surface area contributed by atoms with Gasteiger partial charge in [0, 0.05) is 7.11 Å². The first-order valence-electron chi connectivity index (χ1n) is 3.57. The summed E-state index contributed by atoms with van der Waals surface area (Å²) in [4.78, 5) is 0. The van der Waals surface area contributed by atoms with Crippen LogP contribution in [-0.4, -0.2) is 18.8 Å². The first-order chi connectivity index (χ1) is 5.83. The van der Waals surface area contributed by atoms with Gasteiger partial charge in [-0.05, 0) is 24.4 Å². The van der Waals surface area contributed by atoms with Crippen molar-refractivity contribution in [2.75, 3.05) is 13.7 Å². The highest BCUT2D eigenvalue weighted by atomic mass is 32.1. The van der Waals surface area contributed by atoms with Crippen LogP contribution < -0.4 is 4.74 Å². The van der Waals surface area contributed by atoms with Crippen molar-refractivity contribution >= 4 is 17.3 Å². The molecule has 0 N–H and O–H groups in total. The Morgan fingerprint density at radius 1 is 1.33 bits per heavy atom. The summed E-state index contributed by atoms with van der Waals surface area (Å²) in [5, 5.41) is 0.448. The van der Waals surface area contributed by atoms with E-state index in [1.165, 1.54) is 0 Å². The Hall–Kier alpha value is -0.930. The molecule has 0 unspecified atom stereocenters. The van der Waals surface area contributed by atoms with Crippen LogP contribution in [0.25, 0.3) is 0 Å². The van der Waals surface area contributed by atoms with Crippen LogP contribution in [0.5, 0.6) is 5.75 Å². The summed E-state index contributed by atoms with van der Waals surface area (Å²) >= 11 is 4.89. The van der Waals surface area contributed by atoms with Gasteiger partial charge in [0.15, 0.2) is 5.05 Å². The van der Waals surface area contributed by atoms with E-state index < -0.39 is 0 Å². The van der Waals surface area contributed by atoms with Gasteiger partial charge in [-0.15, -0.1) is 0 Å². The molecule has 0 aliphatic carbocycles. The maximum atomic E-state index is 5.26. The molecule has 1 aromatic carbocycles. The van der Waals surface area contributed by atoms with E-state index in [1.54, 1.807) is 7.11 Å². The molecule has 0 aliphatic rings.